The summed E-state index contributed by atoms with van der Waals surface area (Å²) >= 11 is 11.6. The summed E-state index contributed by atoms with van der Waals surface area (Å²) in [5.74, 6) is -0.788. The lowest BCUT2D eigenvalue weighted by molar-refractivity contribution is 0.0961. The van der Waals surface area contributed by atoms with Crippen LogP contribution in [0.15, 0.2) is 30.6 Å². The van der Waals surface area contributed by atoms with Crippen molar-refractivity contribution < 1.29 is 9.59 Å². The number of aromatic nitrogens is 2. The third kappa shape index (κ3) is 3.68. The SMILES string of the molecule is CNC(=O)c1ccc(Cl)c(NC(=O)c2cnc(Cl)cn2)c1. The van der Waals surface area contributed by atoms with E-state index < -0.39 is 5.91 Å². The largest absolute Gasteiger partial charge is 0.355 e. The van der Waals surface area contributed by atoms with Crippen LogP contribution in [-0.2, 0) is 0 Å². The minimum absolute atomic E-state index is 0.0841. The Bertz CT molecular complexity index is 689. The fourth-order valence-electron chi connectivity index (χ4n) is 1.52. The van der Waals surface area contributed by atoms with Crippen LogP contribution < -0.4 is 10.6 Å². The number of benzene rings is 1. The molecule has 2 amide bonds. The predicted octanol–water partition coefficient (Wildman–Crippen LogP) is 2.40. The van der Waals surface area contributed by atoms with Gasteiger partial charge < -0.3 is 10.6 Å². The van der Waals surface area contributed by atoms with Gasteiger partial charge in [-0.3, -0.25) is 9.59 Å². The molecule has 0 aliphatic rings. The Balaban J connectivity index is 2.24. The lowest BCUT2D eigenvalue weighted by Gasteiger charge is -2.08. The number of carbonyl (C=O) groups excluding carboxylic acids is 2. The van der Waals surface area contributed by atoms with E-state index in [2.05, 4.69) is 20.6 Å². The van der Waals surface area contributed by atoms with E-state index in [1.54, 1.807) is 6.07 Å². The summed E-state index contributed by atoms with van der Waals surface area (Å²) in [6, 6.07) is 4.55. The van der Waals surface area contributed by atoms with Crippen LogP contribution in [0.25, 0.3) is 0 Å². The maximum Gasteiger partial charge on any atom is 0.275 e. The molecule has 8 heteroatoms. The van der Waals surface area contributed by atoms with Gasteiger partial charge in [0.1, 0.15) is 10.8 Å². The zero-order valence-electron chi connectivity index (χ0n) is 10.9. The molecule has 21 heavy (non-hydrogen) atoms. The van der Waals surface area contributed by atoms with Crippen LogP contribution in [0.5, 0.6) is 0 Å². The number of carbonyl (C=O) groups is 2. The standard InChI is InChI=1S/C13H10Cl2N4O2/c1-16-12(20)7-2-3-8(14)9(4-7)19-13(21)10-5-18-11(15)6-17-10/h2-6H,1H3,(H,16,20)(H,19,21). The van der Waals surface area contributed by atoms with E-state index in [1.165, 1.54) is 31.6 Å². The van der Waals surface area contributed by atoms with Crippen molar-refractivity contribution in [2.45, 2.75) is 0 Å². The van der Waals surface area contributed by atoms with Gasteiger partial charge in [0.15, 0.2) is 0 Å². The Labute approximate surface area is 130 Å². The molecule has 2 N–H and O–H groups in total. The van der Waals surface area contributed by atoms with Gasteiger partial charge in [0.2, 0.25) is 0 Å². The van der Waals surface area contributed by atoms with E-state index in [4.69, 9.17) is 23.2 Å². The number of hydrogen-bond donors (Lipinski definition) is 2. The zero-order chi connectivity index (χ0) is 15.4. The monoisotopic (exact) mass is 324 g/mol. The van der Waals surface area contributed by atoms with Gasteiger partial charge in [0, 0.05) is 12.6 Å². The number of anilines is 1. The molecule has 0 aliphatic heterocycles. The van der Waals surface area contributed by atoms with Crippen LogP contribution in [0.3, 0.4) is 0 Å². The van der Waals surface area contributed by atoms with E-state index in [0.29, 0.717) is 16.3 Å². The summed E-state index contributed by atoms with van der Waals surface area (Å²) in [5.41, 5.74) is 0.764. The molecule has 0 saturated heterocycles. The molecule has 0 bridgehead atoms. The first-order chi connectivity index (χ1) is 10.0. The molecule has 0 saturated carbocycles. The predicted molar refractivity (Wildman–Crippen MR) is 79.8 cm³/mol. The van der Waals surface area contributed by atoms with Crippen molar-refractivity contribution in [1.82, 2.24) is 15.3 Å². The molecule has 0 atom stereocenters. The summed E-state index contributed by atoms with van der Waals surface area (Å²) in [6.45, 7) is 0. The van der Waals surface area contributed by atoms with Crippen molar-refractivity contribution in [2.75, 3.05) is 12.4 Å². The van der Waals surface area contributed by atoms with Gasteiger partial charge in [-0.1, -0.05) is 23.2 Å². The molecule has 2 rings (SSSR count). The average Bonchev–Trinajstić information content (AvgIpc) is 2.49. The molecule has 0 spiro atoms. The molecule has 6 nitrogen and oxygen atoms in total. The number of nitrogens with one attached hydrogen (secondary N) is 2. The maximum atomic E-state index is 12.0. The number of halogens is 2. The second-order valence-corrected chi connectivity index (χ2v) is 4.75. The second-order valence-electron chi connectivity index (χ2n) is 3.95. The quantitative estimate of drug-likeness (QED) is 0.907. The van der Waals surface area contributed by atoms with Gasteiger partial charge in [0.25, 0.3) is 11.8 Å². The number of hydrogen-bond acceptors (Lipinski definition) is 4. The topological polar surface area (TPSA) is 84.0 Å². The average molecular weight is 325 g/mol. The van der Waals surface area contributed by atoms with Crippen molar-refractivity contribution >= 4 is 40.7 Å². The Morgan fingerprint density at radius 3 is 2.48 bits per heavy atom. The molecule has 1 aromatic heterocycles. The highest BCUT2D eigenvalue weighted by molar-refractivity contribution is 6.34. The van der Waals surface area contributed by atoms with Crippen molar-refractivity contribution in [1.29, 1.82) is 0 Å². The number of nitrogens with zero attached hydrogens (tertiary/aromatic N) is 2. The number of amides is 2. The molecule has 0 fully saturated rings. The minimum Gasteiger partial charge on any atom is -0.355 e. The third-order valence-electron chi connectivity index (χ3n) is 2.56. The van der Waals surface area contributed by atoms with E-state index in [0.717, 1.165) is 0 Å². The Hall–Kier alpha value is -2.18. The summed E-state index contributed by atoms with van der Waals surface area (Å²) in [4.78, 5) is 31.2. The first-order valence-electron chi connectivity index (χ1n) is 5.82. The first kappa shape index (κ1) is 15.2. The summed E-state index contributed by atoms with van der Waals surface area (Å²) in [5, 5.41) is 5.55. The minimum atomic E-state index is -0.505. The summed E-state index contributed by atoms with van der Waals surface area (Å²) in [6.07, 6.45) is 2.51. The second kappa shape index (κ2) is 6.51. The lowest BCUT2D eigenvalue weighted by Crippen LogP contribution is -2.19. The first-order valence-corrected chi connectivity index (χ1v) is 6.57. The molecule has 0 aliphatic carbocycles. The van der Waals surface area contributed by atoms with Crippen molar-refractivity contribution in [3.8, 4) is 0 Å². The third-order valence-corrected chi connectivity index (χ3v) is 3.08. The van der Waals surface area contributed by atoms with Crippen molar-refractivity contribution in [2.24, 2.45) is 0 Å². The zero-order valence-corrected chi connectivity index (χ0v) is 12.4. The van der Waals surface area contributed by atoms with Gasteiger partial charge in [-0.25, -0.2) is 9.97 Å². The van der Waals surface area contributed by atoms with E-state index in [-0.39, 0.29) is 16.8 Å². The van der Waals surface area contributed by atoms with Crippen LogP contribution >= 0.6 is 23.2 Å². The molecule has 0 unspecified atom stereocenters. The smallest absolute Gasteiger partial charge is 0.275 e. The van der Waals surface area contributed by atoms with Gasteiger partial charge in [0.05, 0.1) is 23.1 Å². The van der Waals surface area contributed by atoms with Crippen LogP contribution in [0, 0.1) is 0 Å². The van der Waals surface area contributed by atoms with Gasteiger partial charge in [-0.15, -0.1) is 0 Å². The molecule has 0 radical (unpaired) electrons. The van der Waals surface area contributed by atoms with E-state index in [9.17, 15) is 9.59 Å². The fraction of sp³-hybridized carbons (Fsp3) is 0.0769. The van der Waals surface area contributed by atoms with Gasteiger partial charge in [-0.2, -0.15) is 0 Å². The molecular weight excluding hydrogens is 315 g/mol. The maximum absolute atomic E-state index is 12.0. The number of rotatable bonds is 3. The molecule has 1 aromatic carbocycles. The van der Waals surface area contributed by atoms with Gasteiger partial charge in [-0.05, 0) is 18.2 Å². The lowest BCUT2D eigenvalue weighted by atomic mass is 10.2. The van der Waals surface area contributed by atoms with Crippen molar-refractivity contribution in [3.63, 3.8) is 0 Å². The summed E-state index contributed by atoms with van der Waals surface area (Å²) in [7, 11) is 1.51. The van der Waals surface area contributed by atoms with Crippen LogP contribution in [0.4, 0.5) is 5.69 Å². The molecular formula is C13H10Cl2N4O2. The molecule has 1 heterocycles. The highest BCUT2D eigenvalue weighted by atomic mass is 35.5. The van der Waals surface area contributed by atoms with E-state index >= 15 is 0 Å². The highest BCUT2D eigenvalue weighted by Crippen LogP contribution is 2.23. The van der Waals surface area contributed by atoms with Crippen molar-refractivity contribution in [3.05, 3.63) is 52.0 Å². The van der Waals surface area contributed by atoms with Crippen LogP contribution in [0.2, 0.25) is 10.2 Å². The highest BCUT2D eigenvalue weighted by Gasteiger charge is 2.12. The van der Waals surface area contributed by atoms with Crippen LogP contribution in [0.1, 0.15) is 20.8 Å². The fourth-order valence-corrected chi connectivity index (χ4v) is 1.78. The van der Waals surface area contributed by atoms with Gasteiger partial charge >= 0.3 is 0 Å². The molecule has 108 valence electrons. The Morgan fingerprint density at radius 1 is 1.10 bits per heavy atom. The van der Waals surface area contributed by atoms with Crippen LogP contribution in [-0.4, -0.2) is 28.8 Å². The molecule has 2 aromatic rings. The Kier molecular flexibility index (Phi) is 4.72. The summed E-state index contributed by atoms with van der Waals surface area (Å²) < 4.78 is 0. The normalized spacial score (nSPS) is 10.0. The van der Waals surface area contributed by atoms with E-state index in [1.807, 2.05) is 0 Å². The Morgan fingerprint density at radius 2 is 1.86 bits per heavy atom.